The van der Waals surface area contributed by atoms with Gasteiger partial charge in [-0.1, -0.05) is 24.3 Å². The van der Waals surface area contributed by atoms with Crippen molar-refractivity contribution in [3.05, 3.63) is 66.5 Å². The molecule has 1 saturated heterocycles. The third kappa shape index (κ3) is 6.45. The summed E-state index contributed by atoms with van der Waals surface area (Å²) in [6, 6.07) is 13.8. The third-order valence-corrected chi connectivity index (χ3v) is 5.30. The van der Waals surface area contributed by atoms with Crippen LogP contribution in [-0.2, 0) is 16.1 Å². The molecule has 2 N–H and O–H groups in total. The zero-order valence-corrected chi connectivity index (χ0v) is 17.8. The van der Waals surface area contributed by atoms with Crippen LogP contribution in [-0.4, -0.2) is 35.6 Å². The van der Waals surface area contributed by atoms with Crippen LogP contribution in [0.15, 0.2) is 60.9 Å². The molecule has 1 aliphatic rings. The molecular formula is C24H24F2N4O3. The molecular weight excluding hydrogens is 430 g/mol. The van der Waals surface area contributed by atoms with Gasteiger partial charge in [0.1, 0.15) is 12.4 Å². The Morgan fingerprint density at radius 2 is 1.79 bits per heavy atom. The molecule has 0 unspecified atom stereocenters. The number of nitrogens with one attached hydrogen (secondary N) is 2. The summed E-state index contributed by atoms with van der Waals surface area (Å²) in [6.45, 7) is -0.958. The van der Waals surface area contributed by atoms with Crippen LogP contribution in [0.5, 0.6) is 5.75 Å². The van der Waals surface area contributed by atoms with Crippen molar-refractivity contribution in [1.82, 2.24) is 15.3 Å². The Labute approximate surface area is 190 Å². The lowest BCUT2D eigenvalue weighted by Crippen LogP contribution is -2.32. The predicted octanol–water partition coefficient (Wildman–Crippen LogP) is 4.53. The number of ether oxygens (including phenoxy) is 2. The van der Waals surface area contributed by atoms with Crippen molar-refractivity contribution in [2.75, 3.05) is 18.4 Å². The number of halogens is 2. The average molecular weight is 454 g/mol. The first kappa shape index (κ1) is 22.6. The van der Waals surface area contributed by atoms with Gasteiger partial charge in [0.25, 0.3) is 0 Å². The molecule has 0 spiro atoms. The Bertz CT molecular complexity index is 1060. The Hall–Kier alpha value is -3.59. The number of carbonyl (C=O) groups excluding carboxylic acids is 1. The van der Waals surface area contributed by atoms with E-state index in [-0.39, 0.29) is 24.2 Å². The summed E-state index contributed by atoms with van der Waals surface area (Å²) in [5.74, 6) is 0.310. The van der Waals surface area contributed by atoms with E-state index in [4.69, 9.17) is 4.74 Å². The summed E-state index contributed by atoms with van der Waals surface area (Å²) in [4.78, 5) is 20.9. The summed E-state index contributed by atoms with van der Waals surface area (Å²) in [5, 5.41) is 6.37. The van der Waals surface area contributed by atoms with Crippen LogP contribution in [0, 0.1) is 5.92 Å². The number of nitrogens with zero attached hydrogens (tertiary/aromatic N) is 2. The third-order valence-electron chi connectivity index (χ3n) is 5.30. The minimum atomic E-state index is -2.86. The van der Waals surface area contributed by atoms with Gasteiger partial charge in [-0.25, -0.2) is 9.97 Å². The number of benzene rings is 2. The van der Waals surface area contributed by atoms with E-state index in [0.717, 1.165) is 48.3 Å². The number of esters is 1. The van der Waals surface area contributed by atoms with Gasteiger partial charge in [-0.05, 0) is 61.3 Å². The van der Waals surface area contributed by atoms with Gasteiger partial charge in [-0.15, -0.1) is 0 Å². The molecule has 0 radical (unpaired) electrons. The van der Waals surface area contributed by atoms with Gasteiger partial charge >= 0.3 is 12.6 Å². The molecule has 4 rings (SSSR count). The van der Waals surface area contributed by atoms with Gasteiger partial charge in [0.15, 0.2) is 0 Å². The van der Waals surface area contributed by atoms with E-state index >= 15 is 0 Å². The van der Waals surface area contributed by atoms with E-state index in [0.29, 0.717) is 5.95 Å². The van der Waals surface area contributed by atoms with E-state index in [1.54, 1.807) is 24.5 Å². The second kappa shape index (κ2) is 10.8. The first-order valence-corrected chi connectivity index (χ1v) is 10.7. The van der Waals surface area contributed by atoms with Gasteiger partial charge < -0.3 is 20.1 Å². The molecule has 3 aromatic rings. The topological polar surface area (TPSA) is 85.4 Å². The second-order valence-electron chi connectivity index (χ2n) is 7.66. The molecule has 0 atom stereocenters. The average Bonchev–Trinajstić information content (AvgIpc) is 2.84. The van der Waals surface area contributed by atoms with E-state index in [9.17, 15) is 13.6 Å². The Morgan fingerprint density at radius 1 is 1.06 bits per heavy atom. The number of piperidine rings is 1. The van der Waals surface area contributed by atoms with E-state index in [2.05, 4.69) is 25.3 Å². The minimum Gasteiger partial charge on any atom is -0.461 e. The van der Waals surface area contributed by atoms with Crippen LogP contribution < -0.4 is 15.4 Å². The van der Waals surface area contributed by atoms with Gasteiger partial charge in [-0.2, -0.15) is 8.78 Å². The van der Waals surface area contributed by atoms with Gasteiger partial charge in [0, 0.05) is 23.6 Å². The number of aromatic nitrogens is 2. The monoisotopic (exact) mass is 454 g/mol. The summed E-state index contributed by atoms with van der Waals surface area (Å²) in [6.07, 6.45) is 4.90. The molecule has 9 heteroatoms. The van der Waals surface area contributed by atoms with Crippen molar-refractivity contribution in [3.63, 3.8) is 0 Å². The van der Waals surface area contributed by atoms with Crippen LogP contribution in [0.1, 0.15) is 18.4 Å². The lowest BCUT2D eigenvalue weighted by Gasteiger charge is -2.21. The maximum atomic E-state index is 12.3. The SMILES string of the molecule is O=C(OCc1cccc(Nc2ncc(-c3ccc(OC(F)F)cc3)cn2)c1)C1CCNCC1. The van der Waals surface area contributed by atoms with Crippen molar-refractivity contribution in [2.45, 2.75) is 26.1 Å². The fourth-order valence-electron chi connectivity index (χ4n) is 3.57. The Kier molecular flexibility index (Phi) is 7.41. The molecule has 1 fully saturated rings. The van der Waals surface area contributed by atoms with E-state index in [1.165, 1.54) is 12.1 Å². The number of hydrogen-bond acceptors (Lipinski definition) is 7. The lowest BCUT2D eigenvalue weighted by molar-refractivity contribution is -0.150. The highest BCUT2D eigenvalue weighted by Gasteiger charge is 2.22. The molecule has 7 nitrogen and oxygen atoms in total. The van der Waals surface area contributed by atoms with Crippen molar-refractivity contribution in [2.24, 2.45) is 5.92 Å². The molecule has 1 aromatic heterocycles. The highest BCUT2D eigenvalue weighted by Crippen LogP contribution is 2.23. The predicted molar refractivity (Wildman–Crippen MR) is 119 cm³/mol. The highest BCUT2D eigenvalue weighted by atomic mass is 19.3. The largest absolute Gasteiger partial charge is 0.461 e. The molecule has 0 aliphatic carbocycles. The molecule has 0 amide bonds. The van der Waals surface area contributed by atoms with Crippen LogP contribution in [0.4, 0.5) is 20.4 Å². The quantitative estimate of drug-likeness (QED) is 0.484. The van der Waals surface area contributed by atoms with Crippen LogP contribution in [0.3, 0.4) is 0 Å². The zero-order chi connectivity index (χ0) is 23.0. The van der Waals surface area contributed by atoms with Gasteiger partial charge in [0.05, 0.1) is 5.92 Å². The summed E-state index contributed by atoms with van der Waals surface area (Å²) in [7, 11) is 0. The molecule has 2 heterocycles. The van der Waals surface area contributed by atoms with Crippen LogP contribution >= 0.6 is 0 Å². The lowest BCUT2D eigenvalue weighted by atomic mass is 9.98. The number of anilines is 2. The summed E-state index contributed by atoms with van der Waals surface area (Å²) < 4.78 is 34.4. The second-order valence-corrected chi connectivity index (χ2v) is 7.66. The molecule has 0 saturated carbocycles. The van der Waals surface area contributed by atoms with Crippen molar-refractivity contribution >= 4 is 17.6 Å². The van der Waals surface area contributed by atoms with Gasteiger partial charge in [-0.3, -0.25) is 4.79 Å². The molecule has 172 valence electrons. The Balaban J connectivity index is 1.33. The number of rotatable bonds is 8. The number of hydrogen-bond donors (Lipinski definition) is 2. The highest BCUT2D eigenvalue weighted by molar-refractivity contribution is 5.72. The summed E-state index contributed by atoms with van der Waals surface area (Å²) >= 11 is 0. The minimum absolute atomic E-state index is 0.0347. The number of carbonyl (C=O) groups is 1. The molecule has 33 heavy (non-hydrogen) atoms. The molecule has 0 bridgehead atoms. The van der Waals surface area contributed by atoms with Gasteiger partial charge in [0.2, 0.25) is 5.95 Å². The van der Waals surface area contributed by atoms with E-state index < -0.39 is 6.61 Å². The van der Waals surface area contributed by atoms with Crippen molar-refractivity contribution in [3.8, 4) is 16.9 Å². The first-order chi connectivity index (χ1) is 16.1. The standard InChI is InChI=1S/C24H24F2N4O3/c25-23(26)33-21-6-4-17(5-7-21)19-13-28-24(29-14-19)30-20-3-1-2-16(12-20)15-32-22(31)18-8-10-27-11-9-18/h1-7,12-14,18,23,27H,8-11,15H2,(H,28,29,30). The fourth-order valence-corrected chi connectivity index (χ4v) is 3.57. The van der Waals surface area contributed by atoms with Crippen LogP contribution in [0.25, 0.3) is 11.1 Å². The van der Waals surface area contributed by atoms with Crippen LogP contribution in [0.2, 0.25) is 0 Å². The maximum absolute atomic E-state index is 12.3. The van der Waals surface area contributed by atoms with Crippen molar-refractivity contribution < 1.29 is 23.0 Å². The normalized spacial score (nSPS) is 14.2. The van der Waals surface area contributed by atoms with E-state index in [1.807, 2.05) is 24.3 Å². The maximum Gasteiger partial charge on any atom is 0.387 e. The Morgan fingerprint density at radius 3 is 2.48 bits per heavy atom. The number of alkyl halides is 2. The molecule has 2 aromatic carbocycles. The molecule has 1 aliphatic heterocycles. The first-order valence-electron chi connectivity index (χ1n) is 10.7. The zero-order valence-electron chi connectivity index (χ0n) is 17.8. The summed E-state index contributed by atoms with van der Waals surface area (Å²) in [5.41, 5.74) is 3.15. The fraction of sp³-hybridized carbons (Fsp3) is 0.292. The van der Waals surface area contributed by atoms with Crippen molar-refractivity contribution in [1.29, 1.82) is 0 Å². The smallest absolute Gasteiger partial charge is 0.387 e.